The summed E-state index contributed by atoms with van der Waals surface area (Å²) in [6.45, 7) is 1.58. The monoisotopic (exact) mass is 541 g/mol. The number of carbonyl (C=O) groups excluding carboxylic acids is 2. The summed E-state index contributed by atoms with van der Waals surface area (Å²) in [5, 5.41) is 10.9. The predicted octanol–water partition coefficient (Wildman–Crippen LogP) is 2.98. The highest BCUT2D eigenvalue weighted by Crippen LogP contribution is 2.71. The van der Waals surface area contributed by atoms with Crippen molar-refractivity contribution in [3.05, 3.63) is 62.5 Å². The minimum Gasteiger partial charge on any atom is -0.491 e. The number of hydrogen-bond acceptors (Lipinski definition) is 8. The average Bonchev–Trinajstić information content (AvgIpc) is 3.29. The zero-order valence-corrected chi connectivity index (χ0v) is 22.1. The summed E-state index contributed by atoms with van der Waals surface area (Å²) in [7, 11) is 4.82. The number of nitrogens with zero attached hydrogens (tertiary/aromatic N) is 5. The molecule has 2 saturated carbocycles. The van der Waals surface area contributed by atoms with Crippen LogP contribution in [0.15, 0.2) is 29.2 Å². The molecule has 0 saturated heterocycles. The highest BCUT2D eigenvalue weighted by molar-refractivity contribution is 7.14. The number of pyridine rings is 1. The Morgan fingerprint density at radius 1 is 1.24 bits per heavy atom. The van der Waals surface area contributed by atoms with Gasteiger partial charge in [-0.15, -0.1) is 10.2 Å². The summed E-state index contributed by atoms with van der Waals surface area (Å²) in [6.07, 6.45) is 3.76. The van der Waals surface area contributed by atoms with Gasteiger partial charge in [0.25, 0.3) is 5.91 Å². The van der Waals surface area contributed by atoms with Crippen molar-refractivity contribution in [2.24, 2.45) is 11.3 Å². The van der Waals surface area contributed by atoms with Crippen molar-refractivity contribution in [3.8, 4) is 16.3 Å². The Bertz CT molecular complexity index is 1590. The highest BCUT2D eigenvalue weighted by Gasteiger charge is 2.78. The van der Waals surface area contributed by atoms with E-state index in [0.717, 1.165) is 23.8 Å². The van der Waals surface area contributed by atoms with Gasteiger partial charge in [-0.05, 0) is 43.7 Å². The molecule has 3 aliphatic rings. The fourth-order valence-corrected chi connectivity index (χ4v) is 7.60. The first-order valence-electron chi connectivity index (χ1n) is 12.2. The van der Waals surface area contributed by atoms with E-state index in [9.17, 15) is 23.2 Å². The van der Waals surface area contributed by atoms with E-state index in [-0.39, 0.29) is 45.7 Å². The van der Waals surface area contributed by atoms with E-state index < -0.39 is 34.0 Å². The number of carbonyl (C=O) groups is 2. The van der Waals surface area contributed by atoms with Crippen molar-refractivity contribution < 1.29 is 23.1 Å². The number of benzene rings is 1. The van der Waals surface area contributed by atoms with Crippen LogP contribution in [0.4, 0.5) is 8.78 Å². The lowest BCUT2D eigenvalue weighted by Gasteiger charge is -2.55. The lowest BCUT2D eigenvalue weighted by Crippen LogP contribution is -2.72. The summed E-state index contributed by atoms with van der Waals surface area (Å²) in [5.74, 6) is -1.65. The molecule has 1 spiro atoms. The van der Waals surface area contributed by atoms with Crippen LogP contribution in [0.3, 0.4) is 0 Å². The van der Waals surface area contributed by atoms with Gasteiger partial charge in [-0.25, -0.2) is 8.78 Å². The molecular formula is C26H25F2N5O4S. The smallest absolute Gasteiger partial charge is 0.278 e. The maximum Gasteiger partial charge on any atom is 0.278 e. The normalized spacial score (nSPS) is 25.5. The molecule has 6 rings (SSSR count). The second-order valence-electron chi connectivity index (χ2n) is 10.2. The molecule has 0 radical (unpaired) electrons. The van der Waals surface area contributed by atoms with Crippen LogP contribution < -0.4 is 15.2 Å². The number of rotatable bonds is 5. The molecule has 12 heteroatoms. The van der Waals surface area contributed by atoms with Gasteiger partial charge in [0, 0.05) is 32.8 Å². The van der Waals surface area contributed by atoms with E-state index in [4.69, 9.17) is 4.74 Å². The third-order valence-electron chi connectivity index (χ3n) is 8.61. The van der Waals surface area contributed by atoms with E-state index in [0.29, 0.717) is 17.8 Å². The van der Waals surface area contributed by atoms with Gasteiger partial charge in [-0.1, -0.05) is 17.4 Å². The van der Waals surface area contributed by atoms with Gasteiger partial charge >= 0.3 is 0 Å². The molecule has 198 valence electrons. The third kappa shape index (κ3) is 3.03. The summed E-state index contributed by atoms with van der Waals surface area (Å²) in [5.41, 5.74) is -1.60. The third-order valence-corrected chi connectivity index (χ3v) is 9.57. The molecule has 9 nitrogen and oxygen atoms in total. The SMILES string of the molecule is COc1c2n(cc(-c3nnc(Cc4ccc(F)cc4F)s3)c1=O)N(C)C1(CC[C@@H]3C[C@@]31C(C)=O)N(C)C2=O. The first-order chi connectivity index (χ1) is 18.1. The number of amides is 1. The molecule has 2 fully saturated rings. The molecule has 1 aliphatic heterocycles. The van der Waals surface area contributed by atoms with Crippen molar-refractivity contribution in [2.75, 3.05) is 26.2 Å². The summed E-state index contributed by atoms with van der Waals surface area (Å²) >= 11 is 1.10. The zero-order valence-electron chi connectivity index (χ0n) is 21.2. The second-order valence-corrected chi connectivity index (χ2v) is 11.2. The number of halogens is 2. The molecule has 1 amide bonds. The van der Waals surface area contributed by atoms with Gasteiger partial charge in [0.1, 0.15) is 28.1 Å². The van der Waals surface area contributed by atoms with E-state index in [1.807, 2.05) is 12.1 Å². The lowest BCUT2D eigenvalue weighted by molar-refractivity contribution is -0.128. The van der Waals surface area contributed by atoms with E-state index >= 15 is 0 Å². The fraction of sp³-hybridized carbons (Fsp3) is 0.423. The van der Waals surface area contributed by atoms with Crippen LogP contribution in [-0.4, -0.2) is 58.3 Å². The van der Waals surface area contributed by atoms with Crippen molar-refractivity contribution in [2.45, 2.75) is 38.3 Å². The zero-order chi connectivity index (χ0) is 27.1. The first kappa shape index (κ1) is 24.7. The number of fused-ring (bicyclic) bond motifs is 3. The van der Waals surface area contributed by atoms with Crippen LogP contribution in [0.5, 0.6) is 5.75 Å². The largest absolute Gasteiger partial charge is 0.491 e. The lowest BCUT2D eigenvalue weighted by atomic mass is 9.83. The standard InChI is InChI=1S/C26H25F2N5O4S/c1-13(34)25-11-15(25)7-8-26(25)31(2)24(36)20-22(37-4)21(35)17(12-33(20)32(26)3)23-30-29-19(38-23)9-14-5-6-16(27)10-18(14)28/h5-6,10,12,15H,7-9,11H2,1-4H3/t15-,25-,26?/m1/s1. The predicted molar refractivity (Wildman–Crippen MR) is 135 cm³/mol. The van der Waals surface area contributed by atoms with Crippen molar-refractivity contribution in [1.82, 2.24) is 19.8 Å². The van der Waals surface area contributed by atoms with Crippen LogP contribution in [0.1, 0.15) is 47.2 Å². The first-order valence-corrected chi connectivity index (χ1v) is 13.0. The van der Waals surface area contributed by atoms with Crippen LogP contribution in [0.25, 0.3) is 10.6 Å². The van der Waals surface area contributed by atoms with Crippen molar-refractivity contribution >= 4 is 23.0 Å². The molecule has 1 unspecified atom stereocenters. The molecular weight excluding hydrogens is 516 g/mol. The van der Waals surface area contributed by atoms with E-state index in [1.165, 1.54) is 19.2 Å². The second kappa shape index (κ2) is 8.16. The van der Waals surface area contributed by atoms with E-state index in [1.54, 1.807) is 29.7 Å². The number of methoxy groups -OCH3 is 1. The number of hydrogen-bond donors (Lipinski definition) is 0. The highest BCUT2D eigenvalue weighted by atomic mass is 32.1. The Labute approximate surface area is 220 Å². The Hall–Kier alpha value is -3.67. The Kier molecular flexibility index (Phi) is 5.30. The van der Waals surface area contributed by atoms with Gasteiger partial charge in [0.2, 0.25) is 5.43 Å². The van der Waals surface area contributed by atoms with Crippen LogP contribution in [0.2, 0.25) is 0 Å². The van der Waals surface area contributed by atoms with Crippen LogP contribution in [0, 0.1) is 23.0 Å². The minimum absolute atomic E-state index is 0.0463. The summed E-state index contributed by atoms with van der Waals surface area (Å²) < 4.78 is 34.5. The molecule has 38 heavy (non-hydrogen) atoms. The van der Waals surface area contributed by atoms with Crippen LogP contribution >= 0.6 is 11.3 Å². The number of aromatic nitrogens is 3. The molecule has 0 bridgehead atoms. The average molecular weight is 542 g/mol. The quantitative estimate of drug-likeness (QED) is 0.490. The number of Topliss-reactive ketones (excluding diaryl/α,β-unsaturated/α-hetero) is 1. The minimum atomic E-state index is -0.878. The van der Waals surface area contributed by atoms with Gasteiger partial charge in [-0.2, -0.15) is 0 Å². The van der Waals surface area contributed by atoms with Gasteiger partial charge < -0.3 is 9.64 Å². The molecule has 2 aromatic heterocycles. The molecule has 3 atom stereocenters. The van der Waals surface area contributed by atoms with Crippen molar-refractivity contribution in [1.29, 1.82) is 0 Å². The topological polar surface area (TPSA) is 97.6 Å². The molecule has 0 N–H and O–H groups in total. The summed E-state index contributed by atoms with van der Waals surface area (Å²) in [4.78, 5) is 41.8. The van der Waals surface area contributed by atoms with E-state index in [2.05, 4.69) is 10.2 Å². The Morgan fingerprint density at radius 3 is 2.66 bits per heavy atom. The molecule has 1 aromatic carbocycles. The van der Waals surface area contributed by atoms with Gasteiger partial charge in [-0.3, -0.25) is 24.1 Å². The molecule has 3 aromatic rings. The maximum atomic E-state index is 14.2. The van der Waals surface area contributed by atoms with Gasteiger partial charge in [0.15, 0.2) is 16.5 Å². The van der Waals surface area contributed by atoms with Crippen LogP contribution in [-0.2, 0) is 11.2 Å². The molecule has 3 heterocycles. The number of ether oxygens (including phenoxy) is 1. The fourth-order valence-electron chi connectivity index (χ4n) is 6.73. The Balaban J connectivity index is 1.46. The van der Waals surface area contributed by atoms with Gasteiger partial charge in [0.05, 0.1) is 18.1 Å². The van der Waals surface area contributed by atoms with Crippen molar-refractivity contribution in [3.63, 3.8) is 0 Å². The molecule has 2 aliphatic carbocycles. The summed E-state index contributed by atoms with van der Waals surface area (Å²) in [6, 6.07) is 3.32. The number of ketones is 1. The maximum absolute atomic E-state index is 14.2. The Morgan fingerprint density at radius 2 is 2.00 bits per heavy atom.